The van der Waals surface area contributed by atoms with E-state index in [2.05, 4.69) is 15.4 Å². The zero-order valence-corrected chi connectivity index (χ0v) is 11.4. The maximum Gasteiger partial charge on any atom is 0.374 e. The van der Waals surface area contributed by atoms with Crippen LogP contribution in [-0.2, 0) is 0 Å². The van der Waals surface area contributed by atoms with Crippen LogP contribution in [0.15, 0.2) is 24.5 Å². The fourth-order valence-corrected chi connectivity index (χ4v) is 1.67. The molecule has 0 aliphatic carbocycles. The van der Waals surface area contributed by atoms with E-state index in [0.717, 1.165) is 11.9 Å². The zero-order chi connectivity index (χ0) is 15.4. The van der Waals surface area contributed by atoms with E-state index in [1.54, 1.807) is 18.2 Å². The van der Waals surface area contributed by atoms with E-state index < -0.39 is 10.6 Å². The van der Waals surface area contributed by atoms with Gasteiger partial charge < -0.3 is 14.9 Å². The van der Waals surface area contributed by atoms with Gasteiger partial charge in [-0.05, 0) is 24.6 Å². The molecule has 21 heavy (non-hydrogen) atoms. The monoisotopic (exact) mass is 291 g/mol. The Morgan fingerprint density at radius 3 is 2.71 bits per heavy atom. The van der Waals surface area contributed by atoms with E-state index in [0.29, 0.717) is 11.5 Å². The minimum Gasteiger partial charge on any atom is -0.493 e. The quantitative estimate of drug-likeness (QED) is 0.485. The molecule has 0 atom stereocenters. The smallest absolute Gasteiger partial charge is 0.374 e. The van der Waals surface area contributed by atoms with Crippen molar-refractivity contribution in [2.75, 3.05) is 12.5 Å². The molecule has 9 nitrogen and oxygen atoms in total. The third-order valence-corrected chi connectivity index (χ3v) is 2.63. The number of ether oxygens (including phenoxy) is 2. The summed E-state index contributed by atoms with van der Waals surface area (Å²) in [6, 6.07) is 5.16. The third-order valence-electron chi connectivity index (χ3n) is 2.63. The summed E-state index contributed by atoms with van der Waals surface area (Å²) in [4.78, 5) is 17.9. The number of hydrogen-bond acceptors (Lipinski definition) is 8. The van der Waals surface area contributed by atoms with Gasteiger partial charge in [0.05, 0.1) is 12.0 Å². The minimum absolute atomic E-state index is 0.143. The summed E-state index contributed by atoms with van der Waals surface area (Å²) < 4.78 is 10.7. The highest BCUT2D eigenvalue weighted by molar-refractivity contribution is 5.61. The Labute approximate surface area is 119 Å². The van der Waals surface area contributed by atoms with Crippen LogP contribution in [0.25, 0.3) is 0 Å². The molecule has 1 heterocycles. The second-order valence-corrected chi connectivity index (χ2v) is 4.03. The molecule has 1 aromatic heterocycles. The number of nitrogens with one attached hydrogen (secondary N) is 1. The number of benzene rings is 1. The van der Waals surface area contributed by atoms with Gasteiger partial charge in [-0.1, -0.05) is 6.07 Å². The molecule has 0 unspecified atom stereocenters. The second kappa shape index (κ2) is 6.01. The zero-order valence-electron chi connectivity index (χ0n) is 11.4. The van der Waals surface area contributed by atoms with Crippen molar-refractivity contribution in [1.82, 2.24) is 9.97 Å². The molecule has 0 saturated carbocycles. The Hall–Kier alpha value is -2.94. The van der Waals surface area contributed by atoms with Gasteiger partial charge in [-0.2, -0.15) is 4.98 Å². The summed E-state index contributed by atoms with van der Waals surface area (Å²) in [6.07, 6.45) is 1.11. The van der Waals surface area contributed by atoms with Crippen molar-refractivity contribution in [1.29, 1.82) is 0 Å². The van der Waals surface area contributed by atoms with Crippen molar-refractivity contribution in [3.05, 3.63) is 40.2 Å². The molecule has 0 radical (unpaired) electrons. The van der Waals surface area contributed by atoms with Crippen molar-refractivity contribution in [3.8, 4) is 17.4 Å². The molecule has 0 saturated heterocycles. The highest BCUT2D eigenvalue weighted by Crippen LogP contribution is 2.37. The van der Waals surface area contributed by atoms with Gasteiger partial charge in [-0.3, -0.25) is 10.1 Å². The highest BCUT2D eigenvalue weighted by atomic mass is 16.6. The summed E-state index contributed by atoms with van der Waals surface area (Å²) in [5.41, 5.74) is 2.64. The predicted molar refractivity (Wildman–Crippen MR) is 74.3 cm³/mol. The molecule has 0 spiro atoms. The van der Waals surface area contributed by atoms with Gasteiger partial charge in [0.25, 0.3) is 0 Å². The number of aryl methyl sites for hydroxylation is 1. The van der Waals surface area contributed by atoms with Crippen LogP contribution in [0.2, 0.25) is 0 Å². The lowest BCUT2D eigenvalue weighted by atomic mass is 10.2. The fraction of sp³-hybridized carbons (Fsp3) is 0.167. The van der Waals surface area contributed by atoms with Gasteiger partial charge in [-0.15, -0.1) is 0 Å². The fourth-order valence-electron chi connectivity index (χ4n) is 1.67. The number of nitro groups is 1. The van der Waals surface area contributed by atoms with E-state index in [1.807, 2.05) is 6.92 Å². The average Bonchev–Trinajstić information content (AvgIpc) is 2.48. The Kier molecular flexibility index (Phi) is 4.14. The summed E-state index contributed by atoms with van der Waals surface area (Å²) in [6.45, 7) is 1.88. The van der Waals surface area contributed by atoms with Crippen molar-refractivity contribution in [3.63, 3.8) is 0 Å². The Balaban J connectivity index is 2.47. The number of nitrogen functional groups attached to an aromatic ring is 1. The molecule has 0 bridgehead atoms. The molecule has 110 valence electrons. The van der Waals surface area contributed by atoms with E-state index in [9.17, 15) is 10.1 Å². The van der Waals surface area contributed by atoms with E-state index >= 15 is 0 Å². The van der Waals surface area contributed by atoms with Gasteiger partial charge in [0.2, 0.25) is 5.82 Å². The van der Waals surface area contributed by atoms with Gasteiger partial charge in [0, 0.05) is 0 Å². The van der Waals surface area contributed by atoms with Crippen molar-refractivity contribution < 1.29 is 14.4 Å². The number of methoxy groups -OCH3 is 1. The van der Waals surface area contributed by atoms with Crippen LogP contribution in [0.3, 0.4) is 0 Å². The maximum atomic E-state index is 11.1. The highest BCUT2D eigenvalue weighted by Gasteiger charge is 2.25. The normalized spacial score (nSPS) is 10.0. The molecular weight excluding hydrogens is 278 g/mol. The largest absolute Gasteiger partial charge is 0.493 e. The molecule has 2 rings (SSSR count). The van der Waals surface area contributed by atoms with E-state index in [1.165, 1.54) is 7.11 Å². The number of anilines is 1. The first kappa shape index (κ1) is 14.5. The molecule has 1 aromatic carbocycles. The van der Waals surface area contributed by atoms with Crippen LogP contribution in [0.5, 0.6) is 17.4 Å². The van der Waals surface area contributed by atoms with Gasteiger partial charge in [-0.25, -0.2) is 10.8 Å². The van der Waals surface area contributed by atoms with Crippen LogP contribution < -0.4 is 20.7 Å². The Bertz CT molecular complexity index is 677. The topological polar surface area (TPSA) is 125 Å². The first-order valence-electron chi connectivity index (χ1n) is 5.85. The number of nitrogens with zero attached hydrogens (tertiary/aromatic N) is 3. The van der Waals surface area contributed by atoms with Crippen molar-refractivity contribution >= 4 is 11.5 Å². The lowest BCUT2D eigenvalue weighted by Crippen LogP contribution is -2.12. The van der Waals surface area contributed by atoms with E-state index in [-0.39, 0.29) is 11.7 Å². The summed E-state index contributed by atoms with van der Waals surface area (Å²) in [5, 5.41) is 11.1. The summed E-state index contributed by atoms with van der Waals surface area (Å²) in [5.74, 6) is 5.56. The van der Waals surface area contributed by atoms with Crippen molar-refractivity contribution in [2.24, 2.45) is 5.84 Å². The minimum atomic E-state index is -0.675. The number of hydrogen-bond donors (Lipinski definition) is 2. The number of rotatable bonds is 5. The second-order valence-electron chi connectivity index (χ2n) is 4.03. The molecule has 0 aliphatic heterocycles. The first-order chi connectivity index (χ1) is 10.1. The third kappa shape index (κ3) is 2.98. The molecule has 0 fully saturated rings. The number of nitrogens with two attached hydrogens (primary N) is 1. The average molecular weight is 291 g/mol. The molecular formula is C12H13N5O4. The Morgan fingerprint density at radius 2 is 2.10 bits per heavy atom. The van der Waals surface area contributed by atoms with Crippen LogP contribution in [0, 0.1) is 17.0 Å². The summed E-state index contributed by atoms with van der Waals surface area (Å²) >= 11 is 0. The lowest BCUT2D eigenvalue weighted by molar-refractivity contribution is -0.385. The van der Waals surface area contributed by atoms with Gasteiger partial charge in [0.1, 0.15) is 6.33 Å². The number of hydrazine groups is 1. The lowest BCUT2D eigenvalue weighted by Gasteiger charge is -2.11. The Morgan fingerprint density at radius 1 is 1.33 bits per heavy atom. The predicted octanol–water partition coefficient (Wildman–Crippen LogP) is 1.78. The molecule has 3 N–H and O–H groups in total. The molecule has 0 amide bonds. The molecule has 2 aromatic rings. The van der Waals surface area contributed by atoms with Crippen molar-refractivity contribution in [2.45, 2.75) is 6.92 Å². The maximum absolute atomic E-state index is 11.1. The van der Waals surface area contributed by atoms with Crippen LogP contribution >= 0.6 is 0 Å². The SMILES string of the molecule is COc1cc(C)ccc1Oc1ncnc(NN)c1[N+](=O)[O-]. The van der Waals surface area contributed by atoms with Crippen LogP contribution in [0.1, 0.15) is 5.56 Å². The standard InChI is InChI=1S/C12H13N5O4/c1-7-3-4-8(9(5-7)20-2)21-12-10(17(18)19)11(16-13)14-6-15-12/h3-6H,13H2,1-2H3,(H,14,15,16). The van der Waals surface area contributed by atoms with E-state index in [4.69, 9.17) is 15.3 Å². The summed E-state index contributed by atoms with van der Waals surface area (Å²) in [7, 11) is 1.48. The molecule has 0 aliphatic rings. The van der Waals surface area contributed by atoms with Crippen LogP contribution in [0.4, 0.5) is 11.5 Å². The first-order valence-corrected chi connectivity index (χ1v) is 5.85. The molecule has 9 heteroatoms. The van der Waals surface area contributed by atoms with Gasteiger partial charge >= 0.3 is 11.6 Å². The van der Waals surface area contributed by atoms with Crippen LogP contribution in [-0.4, -0.2) is 22.0 Å². The van der Waals surface area contributed by atoms with Gasteiger partial charge in [0.15, 0.2) is 11.5 Å². The number of aromatic nitrogens is 2.